The van der Waals surface area contributed by atoms with Crippen molar-refractivity contribution in [3.05, 3.63) is 60.8 Å². The third-order valence-corrected chi connectivity index (χ3v) is 8.05. The number of ether oxygens (including phenoxy) is 1. The molecule has 2 atom stereocenters. The van der Waals surface area contributed by atoms with Gasteiger partial charge in [0.2, 0.25) is 9.84 Å². The van der Waals surface area contributed by atoms with Gasteiger partial charge >= 0.3 is 6.16 Å². The molecule has 2 aromatic carbocycles. The number of hydrogen-bond donors (Lipinski definition) is 0. The van der Waals surface area contributed by atoms with Crippen LogP contribution >= 0.6 is 0 Å². The molecule has 0 amide bonds. The van der Waals surface area contributed by atoms with Crippen LogP contribution < -0.4 is 4.90 Å². The number of carbonyl (C=O) groups is 1. The number of pyridine rings is 1. The van der Waals surface area contributed by atoms with E-state index in [-0.39, 0.29) is 22.4 Å². The Bertz CT molecular complexity index is 1280. The van der Waals surface area contributed by atoms with E-state index in [9.17, 15) is 13.2 Å². The Kier molecular flexibility index (Phi) is 5.67. The first kappa shape index (κ1) is 21.7. The molecule has 0 spiro atoms. The van der Waals surface area contributed by atoms with Gasteiger partial charge in [0.1, 0.15) is 0 Å². The first-order valence-electron chi connectivity index (χ1n) is 11.0. The summed E-state index contributed by atoms with van der Waals surface area (Å²) in [4.78, 5) is 24.3. The van der Waals surface area contributed by atoms with Crippen molar-refractivity contribution in [2.75, 3.05) is 31.1 Å². The lowest BCUT2D eigenvalue weighted by Crippen LogP contribution is -2.36. The number of carbonyl (C=O) groups excluding carboxylic acids is 1. The number of anilines is 1. The number of para-hydroxylation sites is 1. The third-order valence-electron chi connectivity index (χ3n) is 6.32. The lowest BCUT2D eigenvalue weighted by Gasteiger charge is -2.27. The van der Waals surface area contributed by atoms with Crippen LogP contribution in [0.5, 0.6) is 0 Å². The number of benzene rings is 2. The number of fused-ring (bicyclic) bond motifs is 2. The van der Waals surface area contributed by atoms with E-state index >= 15 is 0 Å². The SMILES string of the molecule is CCOC(=O)ON1C[C@@H]2CCN(c3cccc4cc(S(=O)(=O)c5ccccc5)cnc34)[C@@H]2C1. The number of rotatable bonds is 5. The Hall–Kier alpha value is -3.17. The molecule has 5 rings (SSSR count). The number of nitrogens with zero attached hydrogens (tertiary/aromatic N) is 3. The molecule has 0 aliphatic carbocycles. The summed E-state index contributed by atoms with van der Waals surface area (Å²) in [5, 5.41) is 2.44. The van der Waals surface area contributed by atoms with Gasteiger partial charge in [0, 0.05) is 30.7 Å². The smallest absolute Gasteiger partial charge is 0.433 e. The average molecular weight is 468 g/mol. The predicted octanol–water partition coefficient (Wildman–Crippen LogP) is 3.67. The molecular formula is C24H25N3O5S. The summed E-state index contributed by atoms with van der Waals surface area (Å²) in [5.41, 5.74) is 1.72. The molecule has 9 heteroatoms. The van der Waals surface area contributed by atoms with Crippen molar-refractivity contribution in [3.63, 3.8) is 0 Å². The van der Waals surface area contributed by atoms with E-state index in [0.717, 1.165) is 29.6 Å². The molecule has 172 valence electrons. The van der Waals surface area contributed by atoms with E-state index in [0.29, 0.717) is 19.0 Å². The fourth-order valence-corrected chi connectivity index (χ4v) is 6.05. The van der Waals surface area contributed by atoms with Gasteiger partial charge < -0.3 is 14.5 Å². The summed E-state index contributed by atoms with van der Waals surface area (Å²) >= 11 is 0. The number of aromatic nitrogens is 1. The highest BCUT2D eigenvalue weighted by Gasteiger charge is 2.43. The molecule has 2 saturated heterocycles. The third kappa shape index (κ3) is 4.02. The van der Waals surface area contributed by atoms with Crippen LogP contribution in [0, 0.1) is 5.92 Å². The van der Waals surface area contributed by atoms with Gasteiger partial charge in [-0.15, -0.1) is 5.06 Å². The Labute approximate surface area is 192 Å². The molecule has 33 heavy (non-hydrogen) atoms. The van der Waals surface area contributed by atoms with Gasteiger partial charge in [-0.2, -0.15) is 0 Å². The lowest BCUT2D eigenvalue weighted by molar-refractivity contribution is -0.115. The summed E-state index contributed by atoms with van der Waals surface area (Å²) < 4.78 is 31.0. The molecule has 2 fully saturated rings. The summed E-state index contributed by atoms with van der Waals surface area (Å²) in [6.07, 6.45) is 1.74. The maximum atomic E-state index is 13.0. The number of hydrogen-bond acceptors (Lipinski definition) is 8. The maximum absolute atomic E-state index is 13.0. The summed E-state index contributed by atoms with van der Waals surface area (Å²) in [6.45, 7) is 4.13. The van der Waals surface area contributed by atoms with Crippen LogP contribution in [0.1, 0.15) is 13.3 Å². The molecule has 0 unspecified atom stereocenters. The van der Waals surface area contributed by atoms with Crippen molar-refractivity contribution in [2.45, 2.75) is 29.2 Å². The molecule has 0 saturated carbocycles. The quantitative estimate of drug-likeness (QED) is 0.525. The molecule has 3 aromatic rings. The van der Waals surface area contributed by atoms with E-state index in [1.54, 1.807) is 48.4 Å². The van der Waals surface area contributed by atoms with Crippen LogP contribution in [0.3, 0.4) is 0 Å². The van der Waals surface area contributed by atoms with Crippen molar-refractivity contribution in [1.82, 2.24) is 10.0 Å². The average Bonchev–Trinajstić information content (AvgIpc) is 3.39. The van der Waals surface area contributed by atoms with Crippen molar-refractivity contribution in [1.29, 1.82) is 0 Å². The van der Waals surface area contributed by atoms with Crippen LogP contribution in [-0.2, 0) is 19.4 Å². The van der Waals surface area contributed by atoms with Gasteiger partial charge in [-0.1, -0.05) is 30.3 Å². The van der Waals surface area contributed by atoms with Crippen LogP contribution in [0.15, 0.2) is 70.6 Å². The van der Waals surface area contributed by atoms with E-state index in [1.165, 1.54) is 6.20 Å². The Morgan fingerprint density at radius 2 is 1.91 bits per heavy atom. The minimum absolute atomic E-state index is 0.174. The fourth-order valence-electron chi connectivity index (χ4n) is 4.79. The Balaban J connectivity index is 1.42. The molecule has 8 nitrogen and oxygen atoms in total. The van der Waals surface area contributed by atoms with Crippen LogP contribution in [0.4, 0.5) is 10.5 Å². The van der Waals surface area contributed by atoms with Crippen molar-refractivity contribution in [3.8, 4) is 0 Å². The lowest BCUT2D eigenvalue weighted by atomic mass is 10.0. The normalized spacial score (nSPS) is 20.7. The Morgan fingerprint density at radius 3 is 2.70 bits per heavy atom. The minimum atomic E-state index is -3.64. The zero-order valence-electron chi connectivity index (χ0n) is 18.3. The van der Waals surface area contributed by atoms with Crippen LogP contribution in [0.2, 0.25) is 0 Å². The molecule has 3 heterocycles. The van der Waals surface area contributed by atoms with Crippen molar-refractivity contribution in [2.24, 2.45) is 5.92 Å². The number of hydroxylamine groups is 2. The molecule has 0 bridgehead atoms. The molecule has 1 aromatic heterocycles. The molecule has 2 aliphatic heterocycles. The Morgan fingerprint density at radius 1 is 1.09 bits per heavy atom. The molecule has 2 aliphatic rings. The van der Waals surface area contributed by atoms with E-state index in [4.69, 9.17) is 9.57 Å². The zero-order chi connectivity index (χ0) is 23.0. The van der Waals surface area contributed by atoms with Crippen molar-refractivity contribution < 1.29 is 22.8 Å². The standard InChI is InChI=1S/C24H25N3O5S/c1-2-31-24(28)32-26-15-18-11-12-27(22(18)16-26)21-10-6-7-17-13-20(14-25-23(17)21)33(29,30)19-8-4-3-5-9-19/h3-10,13-14,18,22H,2,11-12,15-16H2,1H3/t18-,22+/m0/s1. The van der Waals surface area contributed by atoms with E-state index in [2.05, 4.69) is 9.88 Å². The van der Waals surface area contributed by atoms with Gasteiger partial charge in [-0.25, -0.2) is 13.2 Å². The highest BCUT2D eigenvalue weighted by Crippen LogP contribution is 2.38. The second-order valence-electron chi connectivity index (χ2n) is 8.27. The first-order chi connectivity index (χ1) is 16.0. The molecule has 0 N–H and O–H groups in total. The summed E-state index contributed by atoms with van der Waals surface area (Å²) in [5.74, 6) is 0.368. The monoisotopic (exact) mass is 467 g/mol. The van der Waals surface area contributed by atoms with Gasteiger partial charge in [-0.05, 0) is 43.5 Å². The molecular weight excluding hydrogens is 442 g/mol. The van der Waals surface area contributed by atoms with Crippen molar-refractivity contribution >= 4 is 32.6 Å². The molecule has 0 radical (unpaired) electrons. The number of sulfone groups is 1. The van der Waals surface area contributed by atoms with E-state index in [1.807, 2.05) is 18.2 Å². The van der Waals surface area contributed by atoms with Gasteiger partial charge in [-0.3, -0.25) is 4.98 Å². The van der Waals surface area contributed by atoms with Crippen LogP contribution in [0.25, 0.3) is 10.9 Å². The van der Waals surface area contributed by atoms with Gasteiger partial charge in [0.05, 0.1) is 34.1 Å². The highest BCUT2D eigenvalue weighted by atomic mass is 32.2. The topological polar surface area (TPSA) is 89.0 Å². The van der Waals surface area contributed by atoms with Crippen LogP contribution in [-0.4, -0.2) is 56.9 Å². The summed E-state index contributed by atoms with van der Waals surface area (Å²) in [6, 6.07) is 16.1. The maximum Gasteiger partial charge on any atom is 0.527 e. The predicted molar refractivity (Wildman–Crippen MR) is 123 cm³/mol. The van der Waals surface area contributed by atoms with Gasteiger partial charge in [0.25, 0.3) is 0 Å². The second kappa shape index (κ2) is 8.64. The van der Waals surface area contributed by atoms with Gasteiger partial charge in [0.15, 0.2) is 0 Å². The van der Waals surface area contributed by atoms with E-state index < -0.39 is 16.0 Å². The largest absolute Gasteiger partial charge is 0.527 e. The highest BCUT2D eigenvalue weighted by molar-refractivity contribution is 7.91. The summed E-state index contributed by atoms with van der Waals surface area (Å²) in [7, 11) is -3.64. The second-order valence-corrected chi connectivity index (χ2v) is 10.2. The minimum Gasteiger partial charge on any atom is -0.433 e. The fraction of sp³-hybridized carbons (Fsp3) is 0.333. The first-order valence-corrected chi connectivity index (χ1v) is 12.5. The zero-order valence-corrected chi connectivity index (χ0v) is 19.1.